The van der Waals surface area contributed by atoms with Crippen LogP contribution < -0.4 is 10.6 Å². The maximum atomic E-state index is 6.30. The molecule has 228 valence electrons. The van der Waals surface area contributed by atoms with Crippen molar-refractivity contribution in [2.75, 3.05) is 0 Å². The first kappa shape index (κ1) is 27.4. The molecule has 3 heterocycles. The highest BCUT2D eigenvalue weighted by molar-refractivity contribution is 7.26. The average molecular weight is 636 g/mol. The molecular formula is C43H29N3OS. The van der Waals surface area contributed by atoms with E-state index in [0.717, 1.165) is 44.5 Å². The van der Waals surface area contributed by atoms with Gasteiger partial charge in [0.1, 0.15) is 29.3 Å². The summed E-state index contributed by atoms with van der Waals surface area (Å²) < 4.78 is 8.85. The summed E-state index contributed by atoms with van der Waals surface area (Å²) in [5.74, 6) is 0.857. The third kappa shape index (κ3) is 4.29. The second-order valence-corrected chi connectivity index (χ2v) is 13.4. The summed E-state index contributed by atoms with van der Waals surface area (Å²) >= 11 is 1.84. The Bertz CT molecular complexity index is 2710. The fourth-order valence-corrected chi connectivity index (χ4v) is 8.66. The van der Waals surface area contributed by atoms with Gasteiger partial charge in [-0.2, -0.15) is 0 Å². The predicted molar refractivity (Wildman–Crippen MR) is 201 cm³/mol. The van der Waals surface area contributed by atoms with Crippen molar-refractivity contribution in [3.05, 3.63) is 168 Å². The fraction of sp³-hybridized carbons (Fsp3) is 0.0465. The van der Waals surface area contributed by atoms with Crippen LogP contribution in [0.1, 0.15) is 29.0 Å². The maximum absolute atomic E-state index is 6.30. The minimum Gasteiger partial charge on any atom is -0.456 e. The van der Waals surface area contributed by atoms with Crippen molar-refractivity contribution in [2.24, 2.45) is 4.99 Å². The van der Waals surface area contributed by atoms with E-state index in [1.807, 2.05) is 23.5 Å². The van der Waals surface area contributed by atoms with Crippen LogP contribution in [0.25, 0.3) is 64.0 Å². The van der Waals surface area contributed by atoms with E-state index in [9.17, 15) is 0 Å². The third-order valence-corrected chi connectivity index (χ3v) is 10.8. The van der Waals surface area contributed by atoms with Crippen molar-refractivity contribution in [1.29, 1.82) is 0 Å². The summed E-state index contributed by atoms with van der Waals surface area (Å²) in [7, 11) is 0. The monoisotopic (exact) mass is 635 g/mol. The number of rotatable bonds is 4. The first-order valence-electron chi connectivity index (χ1n) is 16.3. The molecule has 1 aliphatic heterocycles. The van der Waals surface area contributed by atoms with Crippen LogP contribution in [-0.2, 0) is 0 Å². The summed E-state index contributed by atoms with van der Waals surface area (Å²) in [5.41, 5.74) is 7.43. The van der Waals surface area contributed by atoms with Crippen molar-refractivity contribution in [3.63, 3.8) is 0 Å². The first-order chi connectivity index (χ1) is 23.8. The molecule has 9 aromatic rings. The molecule has 10 rings (SSSR count). The number of fused-ring (bicyclic) bond motifs is 7. The molecular weight excluding hydrogens is 607 g/mol. The van der Waals surface area contributed by atoms with Gasteiger partial charge >= 0.3 is 0 Å². The molecule has 0 saturated carbocycles. The molecule has 0 radical (unpaired) electrons. The van der Waals surface area contributed by atoms with Gasteiger partial charge in [0.25, 0.3) is 0 Å². The number of aliphatic imine (C=N–C) groups is 1. The molecule has 0 fully saturated rings. The van der Waals surface area contributed by atoms with E-state index in [2.05, 4.69) is 150 Å². The number of amidine groups is 1. The van der Waals surface area contributed by atoms with Gasteiger partial charge in [0.05, 0.1) is 0 Å². The molecule has 2 aromatic heterocycles. The van der Waals surface area contributed by atoms with E-state index in [0.29, 0.717) is 0 Å². The van der Waals surface area contributed by atoms with Crippen LogP contribution in [0.5, 0.6) is 0 Å². The van der Waals surface area contributed by atoms with Gasteiger partial charge in [-0.3, -0.25) is 5.32 Å². The van der Waals surface area contributed by atoms with Crippen molar-refractivity contribution >= 4 is 70.1 Å². The van der Waals surface area contributed by atoms with Crippen LogP contribution in [0.3, 0.4) is 0 Å². The Morgan fingerprint density at radius 2 is 1.17 bits per heavy atom. The fourth-order valence-electron chi connectivity index (χ4n) is 7.42. The van der Waals surface area contributed by atoms with Crippen molar-refractivity contribution in [2.45, 2.75) is 12.3 Å². The highest BCUT2D eigenvalue weighted by Gasteiger charge is 2.29. The Labute approximate surface area is 281 Å². The molecule has 1 aliphatic rings. The number of thiophene rings is 1. The van der Waals surface area contributed by atoms with Crippen molar-refractivity contribution < 1.29 is 4.42 Å². The Morgan fingerprint density at radius 1 is 0.521 bits per heavy atom. The maximum Gasteiger partial charge on any atom is 0.136 e. The minimum atomic E-state index is -0.277. The van der Waals surface area contributed by atoms with Gasteiger partial charge in [-0.25, -0.2) is 4.99 Å². The number of benzene rings is 7. The second kappa shape index (κ2) is 10.9. The van der Waals surface area contributed by atoms with Gasteiger partial charge in [-0.1, -0.05) is 133 Å². The summed E-state index contributed by atoms with van der Waals surface area (Å²) in [6.07, 6.45) is -0.461. The largest absolute Gasteiger partial charge is 0.456 e. The van der Waals surface area contributed by atoms with E-state index < -0.39 is 0 Å². The molecule has 0 aliphatic carbocycles. The lowest BCUT2D eigenvalue weighted by Crippen LogP contribution is -2.45. The lowest BCUT2D eigenvalue weighted by molar-refractivity contribution is 0.413. The van der Waals surface area contributed by atoms with E-state index in [1.54, 1.807) is 0 Å². The van der Waals surface area contributed by atoms with Crippen molar-refractivity contribution in [3.8, 4) is 11.1 Å². The normalized spacial score (nSPS) is 16.5. The Hall–Kier alpha value is -5.75. The Balaban J connectivity index is 1.19. The highest BCUT2D eigenvalue weighted by atomic mass is 32.1. The summed E-state index contributed by atoms with van der Waals surface area (Å²) in [6.45, 7) is 0. The first-order valence-corrected chi connectivity index (χ1v) is 17.1. The zero-order chi connectivity index (χ0) is 31.6. The lowest BCUT2D eigenvalue weighted by Gasteiger charge is -2.33. The zero-order valence-corrected chi connectivity index (χ0v) is 26.7. The molecule has 0 saturated heterocycles. The number of hydrogen-bond donors (Lipinski definition) is 2. The standard InChI is InChI=1S/C43H29N3OS/c1-2-14-27-26(12-1)13-9-21-32(27)41-44-42(46-43(45-41)35-22-10-20-31-29-16-6-8-25-38(29)48-40(31)35)33-17-4-3-15-28(33)30-19-11-24-37-39(30)34-18-5-7-23-36(34)47-37/h1-25,41,43,45H,(H,44,46). The van der Waals surface area contributed by atoms with E-state index in [4.69, 9.17) is 9.41 Å². The number of furan rings is 1. The molecule has 4 nitrogen and oxygen atoms in total. The average Bonchev–Trinajstić information content (AvgIpc) is 3.73. The van der Waals surface area contributed by atoms with Crippen LogP contribution in [0.2, 0.25) is 0 Å². The highest BCUT2D eigenvalue weighted by Crippen LogP contribution is 2.41. The molecule has 0 spiro atoms. The smallest absolute Gasteiger partial charge is 0.136 e. The molecule has 0 bridgehead atoms. The van der Waals surface area contributed by atoms with Gasteiger partial charge < -0.3 is 9.73 Å². The van der Waals surface area contributed by atoms with Crippen LogP contribution in [0.15, 0.2) is 161 Å². The molecule has 48 heavy (non-hydrogen) atoms. The van der Waals surface area contributed by atoms with E-state index in [-0.39, 0.29) is 12.3 Å². The van der Waals surface area contributed by atoms with Gasteiger partial charge in [-0.15, -0.1) is 11.3 Å². The zero-order valence-electron chi connectivity index (χ0n) is 25.9. The summed E-state index contributed by atoms with van der Waals surface area (Å²) in [4.78, 5) is 5.49. The molecule has 5 heteroatoms. The number of para-hydroxylation sites is 1. The molecule has 2 unspecified atom stereocenters. The van der Waals surface area contributed by atoms with Crippen LogP contribution in [0.4, 0.5) is 0 Å². The SMILES string of the molecule is c1ccc(-c2cccc3oc4ccccc4c23)c(C2=NC(c3cccc4c3sc3ccccc34)NC(c3cccc4ccccc34)N2)c1. The molecule has 0 amide bonds. The van der Waals surface area contributed by atoms with E-state index in [1.165, 1.54) is 42.1 Å². The number of nitrogens with zero attached hydrogens (tertiary/aromatic N) is 1. The molecule has 2 atom stereocenters. The molecule has 2 N–H and O–H groups in total. The van der Waals surface area contributed by atoms with Crippen LogP contribution in [-0.4, -0.2) is 5.84 Å². The van der Waals surface area contributed by atoms with E-state index >= 15 is 0 Å². The van der Waals surface area contributed by atoms with Crippen LogP contribution in [0, 0.1) is 0 Å². The topological polar surface area (TPSA) is 49.6 Å². The number of nitrogens with one attached hydrogen (secondary N) is 2. The summed E-state index contributed by atoms with van der Waals surface area (Å²) in [6, 6.07) is 53.7. The lowest BCUT2D eigenvalue weighted by atomic mass is 9.94. The quantitative estimate of drug-likeness (QED) is 0.202. The third-order valence-electron chi connectivity index (χ3n) is 9.60. The van der Waals surface area contributed by atoms with Crippen LogP contribution >= 0.6 is 11.3 Å². The van der Waals surface area contributed by atoms with Gasteiger partial charge in [0.2, 0.25) is 0 Å². The van der Waals surface area contributed by atoms with Crippen molar-refractivity contribution in [1.82, 2.24) is 10.6 Å². The Morgan fingerprint density at radius 3 is 2.10 bits per heavy atom. The summed E-state index contributed by atoms with van der Waals surface area (Å²) in [5, 5.41) is 15.0. The predicted octanol–water partition coefficient (Wildman–Crippen LogP) is 11.1. The number of hydrogen-bond acceptors (Lipinski definition) is 5. The minimum absolute atomic E-state index is 0.183. The van der Waals surface area contributed by atoms with Gasteiger partial charge in [0, 0.05) is 42.1 Å². The molecule has 7 aromatic carbocycles. The van der Waals surface area contributed by atoms with Gasteiger partial charge in [-0.05, 0) is 45.7 Å². The van der Waals surface area contributed by atoms with Gasteiger partial charge in [0.15, 0.2) is 0 Å². The second-order valence-electron chi connectivity index (χ2n) is 12.3. The Kier molecular flexibility index (Phi) is 6.22.